The zero-order chi connectivity index (χ0) is 19.2. The minimum atomic E-state index is -0.0618. The highest BCUT2D eigenvalue weighted by Gasteiger charge is 2.12. The second-order valence-electron chi connectivity index (χ2n) is 6.16. The molecule has 6 heteroatoms. The molecule has 0 saturated heterocycles. The number of aromatic nitrogens is 1. The summed E-state index contributed by atoms with van der Waals surface area (Å²) in [5.74, 6) is 3.01. The van der Waals surface area contributed by atoms with Crippen LogP contribution in [0.4, 0.5) is 5.69 Å². The molecule has 1 N–H and O–H groups in total. The molecule has 0 unspecified atom stereocenters. The Bertz CT molecular complexity index is 937. The molecule has 2 aromatic carbocycles. The van der Waals surface area contributed by atoms with Crippen LogP contribution in [0.25, 0.3) is 11.5 Å². The number of hydrogen-bond donors (Lipinski definition) is 1. The number of aryl methyl sites for hydroxylation is 2. The zero-order valence-corrected chi connectivity index (χ0v) is 16.4. The van der Waals surface area contributed by atoms with Crippen LogP contribution < -0.4 is 10.1 Å². The summed E-state index contributed by atoms with van der Waals surface area (Å²) in [6.07, 6.45) is 0. The van der Waals surface area contributed by atoms with Crippen molar-refractivity contribution in [1.29, 1.82) is 0 Å². The van der Waals surface area contributed by atoms with E-state index in [1.807, 2.05) is 56.3 Å². The first kappa shape index (κ1) is 19.0. The number of hydrogen-bond acceptors (Lipinski definition) is 5. The molecule has 27 heavy (non-hydrogen) atoms. The Morgan fingerprint density at radius 3 is 2.78 bits per heavy atom. The summed E-state index contributed by atoms with van der Waals surface area (Å²) >= 11 is 1.50. The van der Waals surface area contributed by atoms with Gasteiger partial charge in [-0.25, -0.2) is 4.98 Å². The van der Waals surface area contributed by atoms with Gasteiger partial charge in [0.05, 0.1) is 18.6 Å². The number of anilines is 1. The van der Waals surface area contributed by atoms with E-state index in [2.05, 4.69) is 10.3 Å². The molecular weight excluding hydrogens is 360 g/mol. The van der Waals surface area contributed by atoms with Crippen LogP contribution in [0.3, 0.4) is 0 Å². The SMILES string of the molecule is COc1cccc(NC(=O)CSCc2nc(-c3cccc(C)c3)oc2C)c1. The van der Waals surface area contributed by atoms with Gasteiger partial charge in [-0.15, -0.1) is 11.8 Å². The van der Waals surface area contributed by atoms with E-state index in [1.165, 1.54) is 11.8 Å². The highest BCUT2D eigenvalue weighted by atomic mass is 32.2. The third-order valence-electron chi connectivity index (χ3n) is 3.98. The fourth-order valence-corrected chi connectivity index (χ4v) is 3.42. The maximum atomic E-state index is 12.1. The van der Waals surface area contributed by atoms with Gasteiger partial charge in [0.15, 0.2) is 0 Å². The summed E-state index contributed by atoms with van der Waals surface area (Å²) < 4.78 is 11.0. The largest absolute Gasteiger partial charge is 0.497 e. The zero-order valence-electron chi connectivity index (χ0n) is 15.6. The number of carbonyl (C=O) groups excluding carboxylic acids is 1. The van der Waals surface area contributed by atoms with Crippen LogP contribution in [0.15, 0.2) is 52.9 Å². The lowest BCUT2D eigenvalue weighted by Gasteiger charge is -2.06. The van der Waals surface area contributed by atoms with Crippen molar-refractivity contribution in [2.45, 2.75) is 19.6 Å². The van der Waals surface area contributed by atoms with E-state index in [0.717, 1.165) is 28.3 Å². The Morgan fingerprint density at radius 1 is 1.19 bits per heavy atom. The van der Waals surface area contributed by atoms with Gasteiger partial charge in [0.25, 0.3) is 0 Å². The molecule has 3 aromatic rings. The van der Waals surface area contributed by atoms with E-state index in [4.69, 9.17) is 9.15 Å². The molecular formula is C21H22N2O3S. The highest BCUT2D eigenvalue weighted by molar-refractivity contribution is 7.99. The average Bonchev–Trinajstić information content (AvgIpc) is 3.03. The molecule has 0 radical (unpaired) electrons. The summed E-state index contributed by atoms with van der Waals surface area (Å²) in [5.41, 5.74) is 3.71. The number of nitrogens with one attached hydrogen (secondary N) is 1. The van der Waals surface area contributed by atoms with Gasteiger partial charge in [-0.1, -0.05) is 23.8 Å². The number of methoxy groups -OCH3 is 1. The van der Waals surface area contributed by atoms with Gasteiger partial charge in [-0.3, -0.25) is 4.79 Å². The Labute approximate surface area is 163 Å². The van der Waals surface area contributed by atoms with E-state index < -0.39 is 0 Å². The second-order valence-corrected chi connectivity index (χ2v) is 7.15. The molecule has 0 aliphatic rings. The third kappa shape index (κ3) is 5.14. The number of amides is 1. The predicted octanol–water partition coefficient (Wildman–Crippen LogP) is 4.84. The van der Waals surface area contributed by atoms with E-state index in [-0.39, 0.29) is 5.91 Å². The van der Waals surface area contributed by atoms with E-state index in [0.29, 0.717) is 23.1 Å². The summed E-state index contributed by atoms with van der Waals surface area (Å²) in [7, 11) is 1.60. The Hall–Kier alpha value is -2.73. The third-order valence-corrected chi connectivity index (χ3v) is 4.93. The van der Waals surface area contributed by atoms with Crippen molar-refractivity contribution in [2.24, 2.45) is 0 Å². The Morgan fingerprint density at radius 2 is 2.00 bits per heavy atom. The predicted molar refractivity (Wildman–Crippen MR) is 109 cm³/mol. The first-order valence-electron chi connectivity index (χ1n) is 8.60. The Kier molecular flexibility index (Phi) is 6.19. The molecule has 5 nitrogen and oxygen atoms in total. The van der Waals surface area contributed by atoms with Gasteiger partial charge in [0, 0.05) is 23.1 Å². The van der Waals surface area contributed by atoms with Crippen LogP contribution in [0.1, 0.15) is 17.0 Å². The van der Waals surface area contributed by atoms with Crippen LogP contribution in [-0.4, -0.2) is 23.8 Å². The quantitative estimate of drug-likeness (QED) is 0.633. The number of thioether (sulfide) groups is 1. The summed E-state index contributed by atoms with van der Waals surface area (Å²) in [6, 6.07) is 15.4. The van der Waals surface area contributed by atoms with Crippen molar-refractivity contribution in [1.82, 2.24) is 4.98 Å². The molecule has 3 rings (SSSR count). The standard InChI is InChI=1S/C21H22N2O3S/c1-14-6-4-7-16(10-14)21-23-19(15(2)26-21)12-27-13-20(24)22-17-8-5-9-18(11-17)25-3/h4-11H,12-13H2,1-3H3,(H,22,24). The van der Waals surface area contributed by atoms with E-state index >= 15 is 0 Å². The van der Waals surface area contributed by atoms with Gasteiger partial charge in [-0.05, 0) is 38.1 Å². The van der Waals surface area contributed by atoms with Gasteiger partial charge < -0.3 is 14.5 Å². The number of oxazole rings is 1. The molecule has 1 aromatic heterocycles. The maximum absolute atomic E-state index is 12.1. The number of benzene rings is 2. The van der Waals surface area contributed by atoms with Gasteiger partial charge in [0.2, 0.25) is 11.8 Å². The average molecular weight is 382 g/mol. The minimum absolute atomic E-state index is 0.0618. The summed E-state index contributed by atoms with van der Waals surface area (Å²) in [4.78, 5) is 16.7. The molecule has 0 atom stereocenters. The first-order chi connectivity index (χ1) is 13.0. The second kappa shape index (κ2) is 8.77. The van der Waals surface area contributed by atoms with Gasteiger partial charge in [0.1, 0.15) is 11.5 Å². The van der Waals surface area contributed by atoms with E-state index in [1.54, 1.807) is 13.2 Å². The minimum Gasteiger partial charge on any atom is -0.497 e. The molecule has 1 heterocycles. The van der Waals surface area contributed by atoms with Crippen molar-refractivity contribution in [2.75, 3.05) is 18.2 Å². The Balaban J connectivity index is 1.55. The molecule has 0 saturated carbocycles. The van der Waals surface area contributed by atoms with Gasteiger partial charge in [-0.2, -0.15) is 0 Å². The van der Waals surface area contributed by atoms with Crippen LogP contribution in [-0.2, 0) is 10.5 Å². The van der Waals surface area contributed by atoms with E-state index in [9.17, 15) is 4.79 Å². The normalized spacial score (nSPS) is 10.6. The van der Waals surface area contributed by atoms with Crippen molar-refractivity contribution < 1.29 is 13.9 Å². The van der Waals surface area contributed by atoms with Crippen molar-refractivity contribution in [3.63, 3.8) is 0 Å². The number of rotatable bonds is 7. The van der Waals surface area contributed by atoms with Crippen molar-refractivity contribution in [3.8, 4) is 17.2 Å². The topological polar surface area (TPSA) is 64.4 Å². The molecule has 0 spiro atoms. The molecule has 0 aliphatic heterocycles. The van der Waals surface area contributed by atoms with Crippen LogP contribution in [0.5, 0.6) is 5.75 Å². The maximum Gasteiger partial charge on any atom is 0.234 e. The molecule has 1 amide bonds. The number of carbonyl (C=O) groups is 1. The van der Waals surface area contributed by atoms with Crippen LogP contribution in [0, 0.1) is 13.8 Å². The van der Waals surface area contributed by atoms with Crippen LogP contribution in [0.2, 0.25) is 0 Å². The summed E-state index contributed by atoms with van der Waals surface area (Å²) in [5, 5.41) is 2.87. The molecule has 0 fully saturated rings. The highest BCUT2D eigenvalue weighted by Crippen LogP contribution is 2.25. The molecule has 140 valence electrons. The fraction of sp³-hybridized carbons (Fsp3) is 0.238. The molecule has 0 aliphatic carbocycles. The molecule has 0 bridgehead atoms. The lowest BCUT2D eigenvalue weighted by Crippen LogP contribution is -2.14. The monoisotopic (exact) mass is 382 g/mol. The lowest BCUT2D eigenvalue weighted by molar-refractivity contribution is -0.113. The number of ether oxygens (including phenoxy) is 1. The van der Waals surface area contributed by atoms with Crippen molar-refractivity contribution in [3.05, 3.63) is 65.5 Å². The lowest BCUT2D eigenvalue weighted by atomic mass is 10.1. The van der Waals surface area contributed by atoms with Crippen LogP contribution >= 0.6 is 11.8 Å². The van der Waals surface area contributed by atoms with Crippen molar-refractivity contribution >= 4 is 23.4 Å². The summed E-state index contributed by atoms with van der Waals surface area (Å²) in [6.45, 7) is 3.94. The first-order valence-corrected chi connectivity index (χ1v) is 9.75. The number of nitrogens with zero attached hydrogens (tertiary/aromatic N) is 1. The fourth-order valence-electron chi connectivity index (χ4n) is 2.60. The van der Waals surface area contributed by atoms with Gasteiger partial charge >= 0.3 is 0 Å². The smallest absolute Gasteiger partial charge is 0.234 e.